The minimum absolute atomic E-state index is 0.0666. The van der Waals surface area contributed by atoms with Gasteiger partial charge in [0.15, 0.2) is 0 Å². The van der Waals surface area contributed by atoms with Crippen LogP contribution >= 0.6 is 34.5 Å². The summed E-state index contributed by atoms with van der Waals surface area (Å²) in [4.78, 5) is 30.1. The van der Waals surface area contributed by atoms with Gasteiger partial charge >= 0.3 is 5.97 Å². The molecule has 0 bridgehead atoms. The van der Waals surface area contributed by atoms with Gasteiger partial charge in [-0.3, -0.25) is 4.79 Å². The summed E-state index contributed by atoms with van der Waals surface area (Å²) in [6.07, 6.45) is 0.195. The second-order valence-electron chi connectivity index (χ2n) is 11.3. The lowest BCUT2D eigenvalue weighted by atomic mass is 9.62. The summed E-state index contributed by atoms with van der Waals surface area (Å²) in [7, 11) is 0. The van der Waals surface area contributed by atoms with Gasteiger partial charge in [0, 0.05) is 34.3 Å². The first-order chi connectivity index (χ1) is 19.3. The number of aliphatic carboxylic acids is 1. The monoisotopic (exact) mass is 620 g/mol. The summed E-state index contributed by atoms with van der Waals surface area (Å²) in [5.41, 5.74) is -0.361. The van der Waals surface area contributed by atoms with Crippen LogP contribution in [0.3, 0.4) is 0 Å². The molecule has 0 spiro atoms. The molecule has 3 N–H and O–H groups in total. The highest BCUT2D eigenvalue weighted by Gasteiger charge is 2.61. The van der Waals surface area contributed by atoms with Crippen molar-refractivity contribution in [2.75, 3.05) is 0 Å². The normalized spacial score (nSPS) is 23.1. The lowest BCUT2D eigenvalue weighted by Crippen LogP contribution is -2.51. The van der Waals surface area contributed by atoms with Crippen molar-refractivity contribution in [2.45, 2.75) is 63.1 Å². The van der Waals surface area contributed by atoms with Gasteiger partial charge in [-0.25, -0.2) is 18.6 Å². The highest BCUT2D eigenvalue weighted by molar-refractivity contribution is 7.07. The maximum atomic E-state index is 15.7. The number of carboxylic acids is 1. The average molecular weight is 622 g/mol. The number of nitrogens with zero attached hydrogens (tertiary/aromatic N) is 2. The summed E-state index contributed by atoms with van der Waals surface area (Å²) in [6.45, 7) is 5.77. The summed E-state index contributed by atoms with van der Waals surface area (Å²) >= 11 is 13.5. The Morgan fingerprint density at radius 3 is 2.59 bits per heavy atom. The van der Waals surface area contributed by atoms with Crippen molar-refractivity contribution in [3.05, 3.63) is 85.8 Å². The Hall–Kier alpha value is -3.10. The van der Waals surface area contributed by atoms with E-state index in [9.17, 15) is 20.0 Å². The van der Waals surface area contributed by atoms with E-state index in [1.165, 1.54) is 41.7 Å². The zero-order valence-corrected chi connectivity index (χ0v) is 24.7. The van der Waals surface area contributed by atoms with E-state index in [-0.39, 0.29) is 34.0 Å². The number of carbonyl (C=O) groups is 2. The number of rotatable bonds is 8. The Morgan fingerprint density at radius 2 is 2.00 bits per heavy atom. The topological polar surface area (TPSA) is 115 Å². The van der Waals surface area contributed by atoms with E-state index in [0.717, 1.165) is 6.07 Å². The standard InChI is InChI=1S/C29H28Cl2F2N4O3S/c1-28(2,3)11-22-29(13-34,18-8-7-15(30)9-20(18)32)23(17-5-4-6-19(31)24(17)33)25(37-22)26(38)36-21(27(39)40)10-16-12-41-14-35-16/h4-9,12,14,21-23,25,37H,10-11H2,1-3H3,(H,36,38)(H,39,40)/t21-,22+,23-,25+,29-/m0/s1. The molecule has 0 saturated carbocycles. The maximum absolute atomic E-state index is 15.7. The third-order valence-corrected chi connectivity index (χ3v) is 8.41. The van der Waals surface area contributed by atoms with Crippen LogP contribution in [0.2, 0.25) is 10.0 Å². The molecule has 3 aromatic rings. The third kappa shape index (κ3) is 6.24. The van der Waals surface area contributed by atoms with Gasteiger partial charge < -0.3 is 15.7 Å². The van der Waals surface area contributed by atoms with Crippen LogP contribution in [-0.4, -0.2) is 40.1 Å². The van der Waals surface area contributed by atoms with Crippen molar-refractivity contribution in [3.8, 4) is 6.07 Å². The lowest BCUT2D eigenvalue weighted by Gasteiger charge is -2.37. The SMILES string of the molecule is CC(C)(C)C[C@H]1N[C@@H](C(=O)N[C@@H](Cc2cscn2)C(=O)O)[C@H](c2cccc(Cl)c2F)[C@@]1(C#N)c1ccc(Cl)cc1F. The molecule has 216 valence electrons. The smallest absolute Gasteiger partial charge is 0.326 e. The number of hydrogen-bond donors (Lipinski definition) is 3. The Morgan fingerprint density at radius 1 is 1.27 bits per heavy atom. The van der Waals surface area contributed by atoms with Crippen molar-refractivity contribution in [1.82, 2.24) is 15.6 Å². The van der Waals surface area contributed by atoms with Crippen LogP contribution in [-0.2, 0) is 21.4 Å². The molecule has 1 amide bonds. The fourth-order valence-electron chi connectivity index (χ4n) is 5.57. The molecule has 0 aliphatic carbocycles. The predicted molar refractivity (Wildman–Crippen MR) is 153 cm³/mol. The van der Waals surface area contributed by atoms with Crippen LogP contribution in [0, 0.1) is 28.4 Å². The summed E-state index contributed by atoms with van der Waals surface area (Å²) < 4.78 is 31.4. The van der Waals surface area contributed by atoms with Crippen molar-refractivity contribution in [2.24, 2.45) is 5.41 Å². The molecule has 1 aliphatic rings. The number of benzene rings is 2. The molecule has 0 unspecified atom stereocenters. The molecule has 1 aromatic heterocycles. The maximum Gasteiger partial charge on any atom is 0.326 e. The molecule has 1 saturated heterocycles. The molecule has 7 nitrogen and oxygen atoms in total. The van der Waals surface area contributed by atoms with Gasteiger partial charge in [-0.15, -0.1) is 11.3 Å². The molecular weight excluding hydrogens is 593 g/mol. The summed E-state index contributed by atoms with van der Waals surface area (Å²) in [6, 6.07) is 6.79. The van der Waals surface area contributed by atoms with E-state index >= 15 is 8.78 Å². The van der Waals surface area contributed by atoms with Crippen LogP contribution in [0.1, 0.15) is 49.9 Å². The lowest BCUT2D eigenvalue weighted by molar-refractivity contribution is -0.142. The van der Waals surface area contributed by atoms with Gasteiger partial charge in [-0.05, 0) is 35.6 Å². The molecule has 5 atom stereocenters. The number of aromatic nitrogens is 1. The molecule has 41 heavy (non-hydrogen) atoms. The second kappa shape index (κ2) is 12.0. The Labute approximate surface area is 250 Å². The Kier molecular flexibility index (Phi) is 9.04. The first kappa shape index (κ1) is 30.8. The zero-order valence-electron chi connectivity index (χ0n) is 22.4. The summed E-state index contributed by atoms with van der Waals surface area (Å²) in [5.74, 6) is -5.04. The van der Waals surface area contributed by atoms with Gasteiger partial charge in [0.2, 0.25) is 5.91 Å². The van der Waals surface area contributed by atoms with Gasteiger partial charge in [0.05, 0.1) is 28.3 Å². The Bertz CT molecular complexity index is 1490. The van der Waals surface area contributed by atoms with E-state index < -0.39 is 58.4 Å². The fraction of sp³-hybridized carbons (Fsp3) is 0.379. The van der Waals surface area contributed by atoms with Gasteiger partial charge in [-0.1, -0.05) is 62.2 Å². The molecule has 0 radical (unpaired) electrons. The largest absolute Gasteiger partial charge is 0.480 e. The number of hydrogen-bond acceptors (Lipinski definition) is 6. The van der Waals surface area contributed by atoms with E-state index in [1.807, 2.05) is 20.8 Å². The van der Waals surface area contributed by atoms with Crippen molar-refractivity contribution >= 4 is 46.4 Å². The molecular formula is C29H28Cl2F2N4O3S. The quantitative estimate of drug-likeness (QED) is 0.290. The number of halogens is 4. The van der Waals surface area contributed by atoms with E-state index in [2.05, 4.69) is 21.7 Å². The second-order valence-corrected chi connectivity index (χ2v) is 12.8. The van der Waals surface area contributed by atoms with Gasteiger partial charge in [0.25, 0.3) is 0 Å². The predicted octanol–water partition coefficient (Wildman–Crippen LogP) is 5.86. The summed E-state index contributed by atoms with van der Waals surface area (Å²) in [5, 5.41) is 28.0. The van der Waals surface area contributed by atoms with Crippen molar-refractivity contribution in [3.63, 3.8) is 0 Å². The van der Waals surface area contributed by atoms with Gasteiger partial charge in [0.1, 0.15) is 23.1 Å². The molecule has 1 fully saturated rings. The van der Waals surface area contributed by atoms with Crippen LogP contribution in [0.15, 0.2) is 47.3 Å². The number of carbonyl (C=O) groups excluding carboxylic acids is 1. The average Bonchev–Trinajstić information content (AvgIpc) is 3.51. The van der Waals surface area contributed by atoms with Crippen LogP contribution in [0.4, 0.5) is 8.78 Å². The first-order valence-corrected chi connectivity index (χ1v) is 14.5. The number of amides is 1. The van der Waals surface area contributed by atoms with Crippen LogP contribution in [0.5, 0.6) is 0 Å². The molecule has 4 rings (SSSR count). The highest BCUT2D eigenvalue weighted by Crippen LogP contribution is 2.52. The number of thiazole rings is 1. The third-order valence-electron chi connectivity index (χ3n) is 7.24. The first-order valence-electron chi connectivity index (χ1n) is 12.8. The molecule has 2 heterocycles. The van der Waals surface area contributed by atoms with Crippen LogP contribution in [0.25, 0.3) is 0 Å². The van der Waals surface area contributed by atoms with Gasteiger partial charge in [-0.2, -0.15) is 5.26 Å². The molecule has 2 aromatic carbocycles. The van der Waals surface area contributed by atoms with E-state index in [0.29, 0.717) is 5.69 Å². The van der Waals surface area contributed by atoms with E-state index in [4.69, 9.17) is 23.2 Å². The van der Waals surface area contributed by atoms with Crippen molar-refractivity contribution in [1.29, 1.82) is 5.26 Å². The van der Waals surface area contributed by atoms with Crippen LogP contribution < -0.4 is 10.6 Å². The number of nitriles is 1. The minimum Gasteiger partial charge on any atom is -0.480 e. The Balaban J connectivity index is 1.91. The zero-order chi connectivity index (χ0) is 30.1. The highest BCUT2D eigenvalue weighted by atomic mass is 35.5. The number of carboxylic acid groups (broad SMARTS) is 1. The van der Waals surface area contributed by atoms with Crippen molar-refractivity contribution < 1.29 is 23.5 Å². The molecule has 12 heteroatoms. The van der Waals surface area contributed by atoms with E-state index in [1.54, 1.807) is 10.9 Å². The molecule has 1 aliphatic heterocycles. The number of nitrogens with one attached hydrogen (secondary N) is 2. The fourth-order valence-corrected chi connectivity index (χ4v) is 6.48. The minimum atomic E-state index is -1.82.